The van der Waals surface area contributed by atoms with Crippen LogP contribution in [0, 0.1) is 5.82 Å². The predicted molar refractivity (Wildman–Crippen MR) is 111 cm³/mol. The second kappa shape index (κ2) is 8.01. The van der Waals surface area contributed by atoms with Crippen LogP contribution in [-0.2, 0) is 0 Å². The smallest absolute Gasteiger partial charge is 0.413 e. The number of amides is 2. The van der Waals surface area contributed by atoms with Gasteiger partial charge in [-0.25, -0.2) is 18.0 Å². The number of alkyl halides is 2. The van der Waals surface area contributed by atoms with Gasteiger partial charge in [-0.1, -0.05) is 11.6 Å². The molecule has 3 aromatic rings. The van der Waals surface area contributed by atoms with E-state index < -0.39 is 36.6 Å². The number of fused-ring (bicyclic) bond motifs is 1. The molecule has 0 bridgehead atoms. The van der Waals surface area contributed by atoms with Crippen molar-refractivity contribution in [2.24, 2.45) is 0 Å². The number of carbonyl (C=O) groups is 2. The van der Waals surface area contributed by atoms with Crippen LogP contribution >= 0.6 is 11.6 Å². The zero-order chi connectivity index (χ0) is 23.2. The number of piperidine rings is 1. The maximum absolute atomic E-state index is 14.9. The van der Waals surface area contributed by atoms with Crippen LogP contribution in [0.3, 0.4) is 0 Å². The van der Waals surface area contributed by atoms with E-state index in [1.165, 1.54) is 36.3 Å². The van der Waals surface area contributed by atoms with Gasteiger partial charge in [0.05, 0.1) is 10.6 Å². The lowest BCUT2D eigenvalue weighted by Crippen LogP contribution is -2.42. The SMILES string of the molecule is CN(C(=O)O)c1cc2cc(-c3ncc(C(=O)N4CCC(F)(F)CC4)cc3F)cc(Cl)c2o1. The van der Waals surface area contributed by atoms with Gasteiger partial charge in [-0.2, -0.15) is 0 Å². The Bertz CT molecular complexity index is 1220. The minimum atomic E-state index is -2.80. The standard InChI is InChI=1S/C21H17ClF3N3O4/c1-27(20(30)31)16-9-12-6-11(7-14(22)18(12)32-16)17-15(23)8-13(10-26-17)19(29)28-4-2-21(24,25)3-5-28/h6-10H,2-5H2,1H3,(H,30,31). The number of rotatable bonds is 3. The van der Waals surface area contributed by atoms with Crippen molar-refractivity contribution >= 4 is 40.5 Å². The van der Waals surface area contributed by atoms with Crippen LogP contribution in [0.25, 0.3) is 22.2 Å². The molecule has 7 nitrogen and oxygen atoms in total. The monoisotopic (exact) mass is 467 g/mol. The van der Waals surface area contributed by atoms with Gasteiger partial charge in [0, 0.05) is 56.2 Å². The summed E-state index contributed by atoms with van der Waals surface area (Å²) in [6.07, 6.45) is -0.917. The third kappa shape index (κ3) is 4.10. The van der Waals surface area contributed by atoms with Crippen molar-refractivity contribution in [2.75, 3.05) is 25.0 Å². The van der Waals surface area contributed by atoms with Gasteiger partial charge in [0.1, 0.15) is 11.5 Å². The van der Waals surface area contributed by atoms with Gasteiger partial charge < -0.3 is 14.4 Å². The second-order valence-electron chi connectivity index (χ2n) is 7.51. The van der Waals surface area contributed by atoms with Crippen LogP contribution in [0.2, 0.25) is 5.02 Å². The van der Waals surface area contributed by atoms with Crippen LogP contribution in [-0.4, -0.2) is 53.1 Å². The highest BCUT2D eigenvalue weighted by Gasteiger charge is 2.36. The average molecular weight is 468 g/mol. The summed E-state index contributed by atoms with van der Waals surface area (Å²) in [6.45, 7) is -0.232. The number of hydrogen-bond donors (Lipinski definition) is 1. The molecule has 1 N–H and O–H groups in total. The summed E-state index contributed by atoms with van der Waals surface area (Å²) < 4.78 is 47.0. The van der Waals surface area contributed by atoms with E-state index >= 15 is 0 Å². The molecule has 11 heteroatoms. The molecule has 2 amide bonds. The quantitative estimate of drug-likeness (QED) is 0.567. The number of likely N-dealkylation sites (tertiary alicyclic amines) is 1. The summed E-state index contributed by atoms with van der Waals surface area (Å²) in [7, 11) is 1.30. The number of benzene rings is 1. The first-order chi connectivity index (χ1) is 15.1. The minimum Gasteiger partial charge on any atom is -0.465 e. The molecular formula is C21H17ClF3N3O4. The normalized spacial score (nSPS) is 15.7. The Morgan fingerprint density at radius 1 is 1.22 bits per heavy atom. The van der Waals surface area contributed by atoms with E-state index in [9.17, 15) is 22.8 Å². The maximum atomic E-state index is 14.9. The number of nitrogens with zero attached hydrogens (tertiary/aromatic N) is 3. The molecule has 0 saturated carbocycles. The Balaban J connectivity index is 1.63. The fourth-order valence-corrected chi connectivity index (χ4v) is 3.74. The van der Waals surface area contributed by atoms with E-state index in [-0.39, 0.29) is 40.8 Å². The summed E-state index contributed by atoms with van der Waals surface area (Å²) in [5, 5.41) is 9.65. The van der Waals surface area contributed by atoms with Crippen molar-refractivity contribution in [1.29, 1.82) is 0 Å². The number of furan rings is 1. The Kier molecular flexibility index (Phi) is 5.49. The van der Waals surface area contributed by atoms with Gasteiger partial charge in [-0.15, -0.1) is 0 Å². The number of hydrogen-bond acceptors (Lipinski definition) is 4. The molecule has 0 spiro atoms. The fraction of sp³-hybridized carbons (Fsp3) is 0.286. The molecule has 1 fully saturated rings. The zero-order valence-corrected chi connectivity index (χ0v) is 17.5. The molecule has 1 saturated heterocycles. The molecule has 0 unspecified atom stereocenters. The number of carbonyl (C=O) groups excluding carboxylic acids is 1. The summed E-state index contributed by atoms with van der Waals surface area (Å²) in [5.74, 6) is -4.12. The molecule has 1 aromatic carbocycles. The molecular weight excluding hydrogens is 451 g/mol. The predicted octanol–water partition coefficient (Wildman–Crippen LogP) is 5.27. The topological polar surface area (TPSA) is 86.9 Å². The maximum Gasteiger partial charge on any atom is 0.413 e. The first kappa shape index (κ1) is 21.9. The summed E-state index contributed by atoms with van der Waals surface area (Å²) in [6, 6.07) is 5.40. The summed E-state index contributed by atoms with van der Waals surface area (Å²) >= 11 is 6.24. The molecule has 1 aliphatic heterocycles. The van der Waals surface area contributed by atoms with E-state index in [2.05, 4.69) is 4.98 Å². The van der Waals surface area contributed by atoms with Crippen LogP contribution in [0.4, 0.5) is 23.8 Å². The third-order valence-corrected chi connectivity index (χ3v) is 5.60. The molecule has 0 radical (unpaired) electrons. The van der Waals surface area contributed by atoms with E-state index in [0.29, 0.717) is 10.9 Å². The lowest BCUT2D eigenvalue weighted by molar-refractivity contribution is -0.0494. The molecule has 4 rings (SSSR count). The van der Waals surface area contributed by atoms with E-state index in [1.54, 1.807) is 0 Å². The third-order valence-electron chi connectivity index (χ3n) is 5.32. The molecule has 0 atom stereocenters. The molecule has 0 aliphatic carbocycles. The Hall–Kier alpha value is -3.27. The summed E-state index contributed by atoms with van der Waals surface area (Å²) in [4.78, 5) is 29.8. The van der Waals surface area contributed by atoms with Crippen LogP contribution in [0.1, 0.15) is 23.2 Å². The van der Waals surface area contributed by atoms with E-state index in [0.717, 1.165) is 11.0 Å². The zero-order valence-electron chi connectivity index (χ0n) is 16.7. The minimum absolute atomic E-state index is 0.0352. The molecule has 2 aromatic heterocycles. The highest BCUT2D eigenvalue weighted by molar-refractivity contribution is 6.35. The van der Waals surface area contributed by atoms with Gasteiger partial charge in [0.2, 0.25) is 5.88 Å². The molecule has 32 heavy (non-hydrogen) atoms. The Labute approximate surface area is 185 Å². The lowest BCUT2D eigenvalue weighted by Gasteiger charge is -2.31. The second-order valence-corrected chi connectivity index (χ2v) is 7.91. The first-order valence-electron chi connectivity index (χ1n) is 9.58. The van der Waals surface area contributed by atoms with Crippen molar-refractivity contribution in [2.45, 2.75) is 18.8 Å². The highest BCUT2D eigenvalue weighted by Crippen LogP contribution is 2.36. The van der Waals surface area contributed by atoms with E-state index in [4.69, 9.17) is 21.1 Å². The number of halogens is 4. The number of carboxylic acid groups (broad SMARTS) is 1. The van der Waals surface area contributed by atoms with Gasteiger partial charge in [0.15, 0.2) is 5.58 Å². The highest BCUT2D eigenvalue weighted by atomic mass is 35.5. The van der Waals surface area contributed by atoms with Crippen molar-refractivity contribution in [3.63, 3.8) is 0 Å². The Morgan fingerprint density at radius 2 is 1.91 bits per heavy atom. The average Bonchev–Trinajstić information content (AvgIpc) is 3.17. The molecule has 1 aliphatic rings. The van der Waals surface area contributed by atoms with Gasteiger partial charge >= 0.3 is 6.09 Å². The lowest BCUT2D eigenvalue weighted by atomic mass is 10.0. The van der Waals surface area contributed by atoms with E-state index in [1.807, 2.05) is 0 Å². The van der Waals surface area contributed by atoms with Gasteiger partial charge in [0.25, 0.3) is 11.8 Å². The van der Waals surface area contributed by atoms with Crippen molar-refractivity contribution in [3.05, 3.63) is 46.9 Å². The largest absolute Gasteiger partial charge is 0.465 e. The van der Waals surface area contributed by atoms with Crippen LogP contribution in [0.15, 0.2) is 34.9 Å². The first-order valence-corrected chi connectivity index (χ1v) is 9.96. The van der Waals surface area contributed by atoms with Crippen LogP contribution in [0.5, 0.6) is 0 Å². The number of aromatic nitrogens is 1. The fourth-order valence-electron chi connectivity index (χ4n) is 3.48. The van der Waals surface area contributed by atoms with Crippen LogP contribution < -0.4 is 4.90 Å². The van der Waals surface area contributed by atoms with Crippen molar-refractivity contribution < 1.29 is 32.3 Å². The van der Waals surface area contributed by atoms with Crippen molar-refractivity contribution in [1.82, 2.24) is 9.88 Å². The van der Waals surface area contributed by atoms with Gasteiger partial charge in [-0.05, 0) is 18.2 Å². The summed E-state index contributed by atoms with van der Waals surface area (Å²) in [5.41, 5.74) is 0.400. The number of anilines is 1. The number of pyridine rings is 1. The molecule has 168 valence electrons. The van der Waals surface area contributed by atoms with Crippen molar-refractivity contribution in [3.8, 4) is 11.3 Å². The van der Waals surface area contributed by atoms with Gasteiger partial charge in [-0.3, -0.25) is 14.7 Å². The molecule has 3 heterocycles. The Morgan fingerprint density at radius 3 is 2.53 bits per heavy atom.